The van der Waals surface area contributed by atoms with Gasteiger partial charge in [0.05, 0.1) is 33.5 Å². The van der Waals surface area contributed by atoms with E-state index in [1.165, 1.54) is 23.5 Å². The average Bonchev–Trinajstić information content (AvgIpc) is 3.35. The molecule has 11 heteroatoms. The lowest BCUT2D eigenvalue weighted by atomic mass is 10.0. The van der Waals surface area contributed by atoms with Crippen molar-refractivity contribution in [1.29, 1.82) is 0 Å². The molecule has 1 heterocycles. The van der Waals surface area contributed by atoms with Gasteiger partial charge >= 0.3 is 0 Å². The van der Waals surface area contributed by atoms with Crippen molar-refractivity contribution in [3.8, 4) is 5.75 Å². The Kier molecular flexibility index (Phi) is 9.00. The van der Waals surface area contributed by atoms with Crippen molar-refractivity contribution in [1.82, 2.24) is 9.71 Å². The fourth-order valence-corrected chi connectivity index (χ4v) is 6.23. The van der Waals surface area contributed by atoms with Crippen molar-refractivity contribution in [2.24, 2.45) is 11.5 Å². The van der Waals surface area contributed by atoms with Crippen molar-refractivity contribution < 1.29 is 23.1 Å². The fraction of sp³-hybridized carbons (Fsp3) is 0.179. The quantitative estimate of drug-likeness (QED) is 0.114. The number of nitrogens with one attached hydrogen (secondary N) is 1. The number of hydrogen-bond acceptors (Lipinski definition) is 8. The van der Waals surface area contributed by atoms with E-state index in [1.807, 2.05) is 24.3 Å². The van der Waals surface area contributed by atoms with Crippen molar-refractivity contribution in [3.63, 3.8) is 0 Å². The smallest absolute Gasteiger partial charge is 0.241 e. The maximum absolute atomic E-state index is 13.3. The summed E-state index contributed by atoms with van der Waals surface area (Å²) in [7, 11) is -3.86. The fourth-order valence-electron chi connectivity index (χ4n) is 3.89. The maximum Gasteiger partial charge on any atom is 0.241 e. The van der Waals surface area contributed by atoms with E-state index in [0.29, 0.717) is 41.3 Å². The van der Waals surface area contributed by atoms with Gasteiger partial charge in [-0.15, -0.1) is 11.3 Å². The number of amides is 1. The summed E-state index contributed by atoms with van der Waals surface area (Å²) in [5, 5.41) is 9.60. The summed E-state index contributed by atoms with van der Waals surface area (Å²) in [5.74, 6) is 0.245. The zero-order valence-corrected chi connectivity index (χ0v) is 22.5. The van der Waals surface area contributed by atoms with Crippen LogP contribution in [0.5, 0.6) is 5.75 Å². The average molecular weight is 565 g/mol. The third-order valence-electron chi connectivity index (χ3n) is 5.76. The van der Waals surface area contributed by atoms with E-state index in [0.717, 1.165) is 16.5 Å². The SMILES string of the molecule is NC(=O)CCCOc1ccc2nc(C(Cc3cccc(C(N)=C=CO)c3)NS(=O)(=O)c3ccccc3)sc2c1. The van der Waals surface area contributed by atoms with E-state index in [1.54, 1.807) is 36.4 Å². The molecular weight excluding hydrogens is 536 g/mol. The van der Waals surface area contributed by atoms with E-state index in [-0.39, 0.29) is 22.9 Å². The third kappa shape index (κ3) is 7.46. The lowest BCUT2D eigenvalue weighted by molar-refractivity contribution is -0.118. The number of sulfonamides is 1. The van der Waals surface area contributed by atoms with E-state index in [9.17, 15) is 13.2 Å². The molecule has 6 N–H and O–H groups in total. The van der Waals surface area contributed by atoms with Crippen LogP contribution in [0.1, 0.15) is 35.0 Å². The standard InChI is InChI=1S/C28H28N4O5S2/c29-23(13-14-33)20-7-4-6-19(16-20)17-25(32-39(35,36)22-8-2-1-3-9-22)28-31-24-12-11-21(18-26(24)38-28)37-15-5-10-27(30)34/h1-4,6-9,11-12,14,16,18,25,32-33H,5,10,15,17,29H2,(H2,30,34). The molecule has 1 atom stereocenters. The molecule has 0 aliphatic carbocycles. The van der Waals surface area contributed by atoms with Gasteiger partial charge in [0, 0.05) is 12.0 Å². The van der Waals surface area contributed by atoms with Crippen LogP contribution in [0.2, 0.25) is 0 Å². The zero-order valence-electron chi connectivity index (χ0n) is 20.9. The van der Waals surface area contributed by atoms with Gasteiger partial charge in [-0.1, -0.05) is 42.1 Å². The van der Waals surface area contributed by atoms with Gasteiger partial charge in [-0.05, 0) is 54.8 Å². The monoisotopic (exact) mass is 564 g/mol. The normalized spacial score (nSPS) is 12.0. The number of hydrogen-bond donors (Lipinski definition) is 4. The van der Waals surface area contributed by atoms with Crippen LogP contribution in [0, 0.1) is 0 Å². The van der Waals surface area contributed by atoms with Gasteiger partial charge in [0.1, 0.15) is 17.0 Å². The molecule has 1 amide bonds. The molecule has 0 radical (unpaired) electrons. The molecule has 0 bridgehead atoms. The number of benzene rings is 3. The lowest BCUT2D eigenvalue weighted by Crippen LogP contribution is -2.30. The molecular formula is C28H28N4O5S2. The molecule has 9 nitrogen and oxygen atoms in total. The first-order valence-corrected chi connectivity index (χ1v) is 14.4. The van der Waals surface area contributed by atoms with Gasteiger partial charge in [-0.2, -0.15) is 0 Å². The number of aromatic nitrogens is 1. The van der Waals surface area contributed by atoms with Crippen LogP contribution in [0.4, 0.5) is 0 Å². The minimum atomic E-state index is -3.86. The molecule has 1 aromatic heterocycles. The van der Waals surface area contributed by atoms with Crippen molar-refractivity contribution >= 4 is 43.2 Å². The van der Waals surface area contributed by atoms with Gasteiger partial charge in [0.15, 0.2) is 0 Å². The minimum Gasteiger partial charge on any atom is -0.507 e. The number of nitrogens with two attached hydrogens (primary N) is 2. The molecule has 0 spiro atoms. The van der Waals surface area contributed by atoms with E-state index in [4.69, 9.17) is 26.3 Å². The molecule has 0 saturated carbocycles. The number of aliphatic hydroxyl groups excluding tert-OH is 1. The Hall–Kier alpha value is -4.15. The number of ether oxygens (including phenoxy) is 1. The van der Waals surface area contributed by atoms with Crippen molar-refractivity contribution in [2.75, 3.05) is 6.61 Å². The molecule has 0 fully saturated rings. The van der Waals surface area contributed by atoms with Gasteiger partial charge in [0.25, 0.3) is 0 Å². The molecule has 4 rings (SSSR count). The number of carbonyl (C=O) groups excluding carboxylic acids is 1. The molecule has 0 aliphatic rings. The predicted octanol–water partition coefficient (Wildman–Crippen LogP) is 4.17. The molecule has 0 aliphatic heterocycles. The Morgan fingerprint density at radius 1 is 1.10 bits per heavy atom. The Balaban J connectivity index is 1.65. The summed E-state index contributed by atoms with van der Waals surface area (Å²) in [6.07, 6.45) is 1.80. The Labute approximate surface area is 230 Å². The third-order valence-corrected chi connectivity index (χ3v) is 8.38. The minimum absolute atomic E-state index is 0.150. The summed E-state index contributed by atoms with van der Waals surface area (Å²) in [4.78, 5) is 15.8. The van der Waals surface area contributed by atoms with Crippen LogP contribution in [-0.2, 0) is 21.2 Å². The maximum atomic E-state index is 13.3. The molecule has 0 saturated heterocycles. The van der Waals surface area contributed by atoms with Gasteiger partial charge in [-0.3, -0.25) is 4.79 Å². The Morgan fingerprint density at radius 3 is 2.64 bits per heavy atom. The van der Waals surface area contributed by atoms with Gasteiger partial charge in [-0.25, -0.2) is 18.1 Å². The van der Waals surface area contributed by atoms with Crippen LogP contribution in [0.25, 0.3) is 15.9 Å². The summed E-state index contributed by atoms with van der Waals surface area (Å²) >= 11 is 1.36. The number of aliphatic hydroxyl groups is 1. The van der Waals surface area contributed by atoms with E-state index in [2.05, 4.69) is 10.5 Å². The van der Waals surface area contributed by atoms with Crippen molar-refractivity contribution in [3.05, 3.63) is 101 Å². The topological polar surface area (TPSA) is 158 Å². The number of thiazole rings is 1. The van der Waals surface area contributed by atoms with Crippen LogP contribution < -0.4 is 20.9 Å². The van der Waals surface area contributed by atoms with Gasteiger partial charge in [0.2, 0.25) is 15.9 Å². The number of carbonyl (C=O) groups is 1. The van der Waals surface area contributed by atoms with Crippen LogP contribution in [0.15, 0.2) is 89.7 Å². The van der Waals surface area contributed by atoms with Crippen LogP contribution >= 0.6 is 11.3 Å². The first-order valence-electron chi connectivity index (χ1n) is 12.1. The Bertz CT molecular complexity index is 1630. The number of rotatable bonds is 12. The van der Waals surface area contributed by atoms with Gasteiger partial charge < -0.3 is 21.3 Å². The Morgan fingerprint density at radius 2 is 1.90 bits per heavy atom. The second-order valence-electron chi connectivity index (χ2n) is 8.68. The number of fused-ring (bicyclic) bond motifs is 1. The summed E-state index contributed by atoms with van der Waals surface area (Å²) in [5.41, 5.74) is 16.1. The predicted molar refractivity (Wildman–Crippen MR) is 152 cm³/mol. The molecule has 4 aromatic rings. The second-order valence-corrected chi connectivity index (χ2v) is 11.5. The van der Waals surface area contributed by atoms with Crippen molar-refractivity contribution in [2.45, 2.75) is 30.2 Å². The first kappa shape index (κ1) is 27.9. The highest BCUT2D eigenvalue weighted by Gasteiger charge is 2.25. The molecule has 39 heavy (non-hydrogen) atoms. The number of nitrogens with zero attached hydrogens (tertiary/aromatic N) is 1. The highest BCUT2D eigenvalue weighted by molar-refractivity contribution is 7.89. The second kappa shape index (κ2) is 12.6. The summed E-state index contributed by atoms with van der Waals surface area (Å²) in [6.45, 7) is 0.346. The van der Waals surface area contributed by atoms with E-state index >= 15 is 0 Å². The molecule has 202 valence electrons. The highest BCUT2D eigenvalue weighted by atomic mass is 32.2. The summed E-state index contributed by atoms with van der Waals surface area (Å²) in [6, 6.07) is 20.2. The highest BCUT2D eigenvalue weighted by Crippen LogP contribution is 2.32. The van der Waals surface area contributed by atoms with Crippen LogP contribution in [-0.4, -0.2) is 31.0 Å². The zero-order chi connectivity index (χ0) is 27.8. The lowest BCUT2D eigenvalue weighted by Gasteiger charge is -2.17. The van der Waals surface area contributed by atoms with Crippen LogP contribution in [0.3, 0.4) is 0 Å². The first-order chi connectivity index (χ1) is 18.7. The van der Waals surface area contributed by atoms with E-state index < -0.39 is 16.1 Å². The molecule has 3 aromatic carbocycles. The number of primary amides is 1. The molecule has 1 unspecified atom stereocenters. The largest absolute Gasteiger partial charge is 0.507 e. The summed E-state index contributed by atoms with van der Waals surface area (Å²) < 4.78 is 35.9.